The zero-order valence-corrected chi connectivity index (χ0v) is 11.5. The van der Waals surface area contributed by atoms with Gasteiger partial charge in [0.2, 0.25) is 11.9 Å². The third kappa shape index (κ3) is 3.09. The molecular formula is C13H17N5O. The molecule has 0 saturated heterocycles. The molecule has 2 rings (SSSR count). The van der Waals surface area contributed by atoms with E-state index < -0.39 is 0 Å². The SMILES string of the molecule is Cc1ccc(Oc2nc(N)nc(N(C)C)n2)cc1C. The summed E-state index contributed by atoms with van der Waals surface area (Å²) in [7, 11) is 3.66. The summed E-state index contributed by atoms with van der Waals surface area (Å²) in [6, 6.07) is 5.99. The van der Waals surface area contributed by atoms with Gasteiger partial charge in [-0.2, -0.15) is 15.0 Å². The maximum Gasteiger partial charge on any atom is 0.328 e. The summed E-state index contributed by atoms with van der Waals surface area (Å²) < 4.78 is 5.62. The van der Waals surface area contributed by atoms with Crippen molar-refractivity contribution in [2.75, 3.05) is 24.7 Å². The number of aromatic nitrogens is 3. The maximum atomic E-state index is 5.64. The maximum absolute atomic E-state index is 5.64. The van der Waals surface area contributed by atoms with E-state index in [4.69, 9.17) is 10.5 Å². The zero-order valence-electron chi connectivity index (χ0n) is 11.5. The molecule has 2 aromatic rings. The van der Waals surface area contributed by atoms with Crippen LogP contribution in [0.2, 0.25) is 0 Å². The molecule has 0 spiro atoms. The van der Waals surface area contributed by atoms with Crippen molar-refractivity contribution in [3.63, 3.8) is 0 Å². The van der Waals surface area contributed by atoms with Crippen molar-refractivity contribution in [2.45, 2.75) is 13.8 Å². The Morgan fingerprint density at radius 2 is 1.79 bits per heavy atom. The average Bonchev–Trinajstić information content (AvgIpc) is 2.33. The second-order valence-corrected chi connectivity index (χ2v) is 4.52. The highest BCUT2D eigenvalue weighted by Gasteiger charge is 2.08. The largest absolute Gasteiger partial charge is 0.424 e. The van der Waals surface area contributed by atoms with E-state index in [2.05, 4.69) is 15.0 Å². The number of nitrogens with zero attached hydrogens (tertiary/aromatic N) is 4. The lowest BCUT2D eigenvalue weighted by Gasteiger charge is -2.12. The van der Waals surface area contributed by atoms with Gasteiger partial charge < -0.3 is 15.4 Å². The molecule has 19 heavy (non-hydrogen) atoms. The number of aryl methyl sites for hydroxylation is 2. The summed E-state index contributed by atoms with van der Waals surface area (Å²) >= 11 is 0. The Balaban J connectivity index is 2.29. The first kappa shape index (κ1) is 13.1. The van der Waals surface area contributed by atoms with Crippen LogP contribution in [0, 0.1) is 13.8 Å². The quantitative estimate of drug-likeness (QED) is 0.907. The van der Waals surface area contributed by atoms with Crippen LogP contribution in [0.1, 0.15) is 11.1 Å². The smallest absolute Gasteiger partial charge is 0.328 e. The molecule has 0 bridgehead atoms. The van der Waals surface area contributed by atoms with Crippen LogP contribution in [0.5, 0.6) is 11.8 Å². The van der Waals surface area contributed by atoms with E-state index >= 15 is 0 Å². The standard InChI is InChI=1S/C13H17N5O/c1-8-5-6-10(7-9(8)2)19-13-16-11(14)15-12(17-13)18(3)4/h5-7H,1-4H3,(H2,14,15,16,17). The Labute approximate surface area is 112 Å². The molecule has 0 amide bonds. The molecule has 100 valence electrons. The van der Waals surface area contributed by atoms with E-state index in [-0.39, 0.29) is 12.0 Å². The topological polar surface area (TPSA) is 77.2 Å². The van der Waals surface area contributed by atoms with Crippen LogP contribution in [-0.2, 0) is 0 Å². The molecule has 0 radical (unpaired) electrons. The van der Waals surface area contributed by atoms with Crippen molar-refractivity contribution in [2.24, 2.45) is 0 Å². The lowest BCUT2D eigenvalue weighted by Crippen LogP contribution is -2.15. The number of nitrogen functional groups attached to an aromatic ring is 1. The zero-order chi connectivity index (χ0) is 14.0. The number of benzene rings is 1. The van der Waals surface area contributed by atoms with Gasteiger partial charge in [-0.1, -0.05) is 6.07 Å². The molecule has 0 aliphatic heterocycles. The van der Waals surface area contributed by atoms with Crippen molar-refractivity contribution < 1.29 is 4.74 Å². The van der Waals surface area contributed by atoms with Crippen LogP contribution < -0.4 is 15.4 Å². The first-order valence-electron chi connectivity index (χ1n) is 5.89. The van der Waals surface area contributed by atoms with Crippen LogP contribution in [0.3, 0.4) is 0 Å². The Morgan fingerprint density at radius 1 is 1.05 bits per heavy atom. The van der Waals surface area contributed by atoms with Crippen molar-refractivity contribution >= 4 is 11.9 Å². The van der Waals surface area contributed by atoms with Crippen molar-refractivity contribution in [3.05, 3.63) is 29.3 Å². The molecule has 0 aliphatic rings. The van der Waals surface area contributed by atoms with Gasteiger partial charge in [0, 0.05) is 14.1 Å². The summed E-state index contributed by atoms with van der Waals surface area (Å²) in [4.78, 5) is 13.9. The molecule has 1 aromatic carbocycles. The Hall–Kier alpha value is -2.37. The molecule has 6 nitrogen and oxygen atoms in total. The van der Waals surface area contributed by atoms with E-state index in [0.717, 1.165) is 5.56 Å². The highest BCUT2D eigenvalue weighted by atomic mass is 16.5. The summed E-state index contributed by atoms with van der Waals surface area (Å²) in [5, 5.41) is 0. The highest BCUT2D eigenvalue weighted by Crippen LogP contribution is 2.22. The Bertz CT molecular complexity index is 598. The second-order valence-electron chi connectivity index (χ2n) is 4.52. The van der Waals surface area contributed by atoms with Crippen LogP contribution in [-0.4, -0.2) is 29.0 Å². The predicted molar refractivity (Wildman–Crippen MR) is 74.6 cm³/mol. The average molecular weight is 259 g/mol. The molecule has 0 aliphatic carbocycles. The highest BCUT2D eigenvalue weighted by molar-refractivity contribution is 5.38. The van der Waals surface area contributed by atoms with Crippen LogP contribution in [0.15, 0.2) is 18.2 Å². The minimum atomic E-state index is 0.137. The molecule has 6 heteroatoms. The van der Waals surface area contributed by atoms with Crippen LogP contribution >= 0.6 is 0 Å². The van der Waals surface area contributed by atoms with E-state index in [0.29, 0.717) is 11.7 Å². The number of anilines is 2. The van der Waals surface area contributed by atoms with Crippen molar-refractivity contribution in [1.29, 1.82) is 0 Å². The van der Waals surface area contributed by atoms with Gasteiger partial charge in [-0.3, -0.25) is 0 Å². The van der Waals surface area contributed by atoms with Crippen molar-refractivity contribution in [3.8, 4) is 11.8 Å². The number of hydrogen-bond donors (Lipinski definition) is 1. The summed E-state index contributed by atoms with van der Waals surface area (Å²) in [6.45, 7) is 4.07. The summed E-state index contributed by atoms with van der Waals surface area (Å²) in [5.41, 5.74) is 7.99. The molecule has 0 unspecified atom stereocenters. The van der Waals surface area contributed by atoms with E-state index in [9.17, 15) is 0 Å². The number of hydrogen-bond acceptors (Lipinski definition) is 6. The lowest BCUT2D eigenvalue weighted by molar-refractivity contribution is 0.440. The third-order valence-electron chi connectivity index (χ3n) is 2.71. The minimum absolute atomic E-state index is 0.137. The molecular weight excluding hydrogens is 242 g/mol. The fourth-order valence-corrected chi connectivity index (χ4v) is 1.49. The van der Waals surface area contributed by atoms with Crippen molar-refractivity contribution in [1.82, 2.24) is 15.0 Å². The molecule has 1 heterocycles. The van der Waals surface area contributed by atoms with E-state index in [1.807, 2.05) is 46.1 Å². The number of rotatable bonds is 3. The fourth-order valence-electron chi connectivity index (χ4n) is 1.49. The molecule has 0 saturated carbocycles. The summed E-state index contributed by atoms with van der Waals surface area (Å²) in [5.74, 6) is 1.28. The van der Waals surface area contributed by atoms with Gasteiger partial charge in [-0.05, 0) is 37.1 Å². The fraction of sp³-hybridized carbons (Fsp3) is 0.308. The molecule has 0 atom stereocenters. The van der Waals surface area contributed by atoms with Gasteiger partial charge in [0.15, 0.2) is 0 Å². The van der Waals surface area contributed by atoms with E-state index in [1.165, 1.54) is 5.56 Å². The minimum Gasteiger partial charge on any atom is -0.424 e. The second kappa shape index (κ2) is 5.09. The number of ether oxygens (including phenoxy) is 1. The first-order valence-corrected chi connectivity index (χ1v) is 5.89. The monoisotopic (exact) mass is 259 g/mol. The van der Waals surface area contributed by atoms with Gasteiger partial charge in [0.05, 0.1) is 0 Å². The van der Waals surface area contributed by atoms with Gasteiger partial charge in [0.25, 0.3) is 0 Å². The molecule has 2 N–H and O–H groups in total. The first-order chi connectivity index (χ1) is 8.95. The predicted octanol–water partition coefficient (Wildman–Crippen LogP) is 1.93. The molecule has 1 aromatic heterocycles. The normalized spacial score (nSPS) is 10.3. The molecule has 0 fully saturated rings. The van der Waals surface area contributed by atoms with Gasteiger partial charge >= 0.3 is 6.01 Å². The van der Waals surface area contributed by atoms with Gasteiger partial charge in [-0.15, -0.1) is 0 Å². The van der Waals surface area contributed by atoms with Crippen LogP contribution in [0.4, 0.5) is 11.9 Å². The Kier molecular flexibility index (Phi) is 3.50. The van der Waals surface area contributed by atoms with Gasteiger partial charge in [-0.25, -0.2) is 0 Å². The third-order valence-corrected chi connectivity index (χ3v) is 2.71. The van der Waals surface area contributed by atoms with Crippen LogP contribution in [0.25, 0.3) is 0 Å². The van der Waals surface area contributed by atoms with Gasteiger partial charge in [0.1, 0.15) is 5.75 Å². The lowest BCUT2D eigenvalue weighted by atomic mass is 10.1. The van der Waals surface area contributed by atoms with E-state index in [1.54, 1.807) is 4.90 Å². The summed E-state index contributed by atoms with van der Waals surface area (Å²) in [6.07, 6.45) is 0. The number of nitrogens with two attached hydrogens (primary N) is 1. The Morgan fingerprint density at radius 3 is 2.42 bits per heavy atom.